The number of anilines is 1. The molecule has 0 fully saturated rings. The van der Waals surface area contributed by atoms with E-state index in [-0.39, 0.29) is 27.0 Å². The summed E-state index contributed by atoms with van der Waals surface area (Å²) in [6.07, 6.45) is 2.29. The molecule has 2 rings (SSSR count). The van der Waals surface area contributed by atoms with Gasteiger partial charge < -0.3 is 5.32 Å². The van der Waals surface area contributed by atoms with E-state index < -0.39 is 37.9 Å². The Labute approximate surface area is 193 Å². The lowest BCUT2D eigenvalue weighted by Gasteiger charge is -2.31. The van der Waals surface area contributed by atoms with Crippen molar-refractivity contribution in [2.75, 3.05) is 16.8 Å². The maximum Gasteiger partial charge on any atom is 0.244 e. The Balaban J connectivity index is 2.34. The fraction of sp³-hybridized carbons (Fsp3) is 0.350. The molecule has 1 N–H and O–H groups in total. The van der Waals surface area contributed by atoms with Crippen molar-refractivity contribution < 1.29 is 21.6 Å². The third-order valence-electron chi connectivity index (χ3n) is 4.64. The summed E-state index contributed by atoms with van der Waals surface area (Å²) in [7, 11) is -7.21. The highest BCUT2D eigenvalue weighted by Gasteiger charge is 2.33. The number of amides is 1. The lowest BCUT2D eigenvalue weighted by molar-refractivity contribution is -0.122. The molecule has 170 valence electrons. The van der Waals surface area contributed by atoms with Crippen LogP contribution in [0.2, 0.25) is 10.0 Å². The maximum atomic E-state index is 13.1. The highest BCUT2D eigenvalue weighted by molar-refractivity contribution is 7.92. The molecule has 0 spiro atoms. The minimum atomic E-state index is -3.87. The second-order valence-corrected chi connectivity index (χ2v) is 11.9. The van der Waals surface area contributed by atoms with E-state index in [2.05, 4.69) is 5.32 Å². The highest BCUT2D eigenvalue weighted by Crippen LogP contribution is 2.33. The van der Waals surface area contributed by atoms with Crippen molar-refractivity contribution in [2.24, 2.45) is 0 Å². The molecule has 2 aromatic carbocycles. The average molecular weight is 507 g/mol. The zero-order valence-electron chi connectivity index (χ0n) is 17.5. The fourth-order valence-electron chi connectivity index (χ4n) is 3.09. The standard InChI is InChI=1S/C20H24Cl2N2O5S2/c1-5-18(24(31(4,28)29)19-12-15(21)8-11-17(19)22)20(25)23-13(2)14-6-9-16(10-7-14)30(3,26)27/h6-13,18H,5H2,1-4H3,(H,23,25). The molecule has 7 nitrogen and oxygen atoms in total. The normalized spacial score (nSPS) is 14.0. The van der Waals surface area contributed by atoms with E-state index in [1.807, 2.05) is 0 Å². The number of sulfone groups is 1. The zero-order chi connectivity index (χ0) is 23.6. The predicted octanol–water partition coefficient (Wildman–Crippen LogP) is 3.82. The molecule has 2 atom stereocenters. The number of halogens is 2. The van der Waals surface area contributed by atoms with Gasteiger partial charge in [-0.3, -0.25) is 9.10 Å². The number of hydrogen-bond acceptors (Lipinski definition) is 5. The molecule has 0 aliphatic heterocycles. The number of benzene rings is 2. The molecule has 0 aliphatic carbocycles. The largest absolute Gasteiger partial charge is 0.348 e. The Kier molecular flexibility index (Phi) is 8.02. The molecule has 0 aromatic heterocycles. The van der Waals surface area contributed by atoms with Gasteiger partial charge in [0.25, 0.3) is 0 Å². The quantitative estimate of drug-likeness (QED) is 0.586. The molecular weight excluding hydrogens is 483 g/mol. The summed E-state index contributed by atoms with van der Waals surface area (Å²) >= 11 is 12.2. The van der Waals surface area contributed by atoms with E-state index in [9.17, 15) is 21.6 Å². The van der Waals surface area contributed by atoms with E-state index in [0.29, 0.717) is 5.56 Å². The second kappa shape index (κ2) is 9.77. The van der Waals surface area contributed by atoms with Gasteiger partial charge in [-0.05, 0) is 49.2 Å². The van der Waals surface area contributed by atoms with Crippen LogP contribution in [-0.4, -0.2) is 41.3 Å². The molecule has 0 saturated carbocycles. The van der Waals surface area contributed by atoms with Crippen LogP contribution in [0, 0.1) is 0 Å². The van der Waals surface area contributed by atoms with Crippen LogP contribution in [0.3, 0.4) is 0 Å². The molecule has 0 aliphatic rings. The molecule has 31 heavy (non-hydrogen) atoms. The lowest BCUT2D eigenvalue weighted by Crippen LogP contribution is -2.49. The molecule has 2 unspecified atom stereocenters. The summed E-state index contributed by atoms with van der Waals surface area (Å²) in [6.45, 7) is 3.41. The van der Waals surface area contributed by atoms with Crippen molar-refractivity contribution >= 4 is 54.7 Å². The molecule has 0 radical (unpaired) electrons. The van der Waals surface area contributed by atoms with Gasteiger partial charge in [0, 0.05) is 11.3 Å². The van der Waals surface area contributed by atoms with Crippen molar-refractivity contribution in [2.45, 2.75) is 37.2 Å². The summed E-state index contributed by atoms with van der Waals surface area (Å²) in [5, 5.41) is 3.22. The van der Waals surface area contributed by atoms with Gasteiger partial charge in [-0.2, -0.15) is 0 Å². The van der Waals surface area contributed by atoms with Gasteiger partial charge in [0.15, 0.2) is 9.84 Å². The number of nitrogens with zero attached hydrogens (tertiary/aromatic N) is 1. The summed E-state index contributed by atoms with van der Waals surface area (Å²) in [5.41, 5.74) is 0.783. The molecule has 0 bridgehead atoms. The number of rotatable bonds is 8. The number of hydrogen-bond donors (Lipinski definition) is 1. The first kappa shape index (κ1) is 25.5. The van der Waals surface area contributed by atoms with E-state index in [4.69, 9.17) is 23.2 Å². The molecule has 1 amide bonds. The van der Waals surface area contributed by atoms with E-state index >= 15 is 0 Å². The lowest BCUT2D eigenvalue weighted by atomic mass is 10.1. The van der Waals surface area contributed by atoms with Crippen LogP contribution in [0.4, 0.5) is 5.69 Å². The summed E-state index contributed by atoms with van der Waals surface area (Å²) < 4.78 is 49.4. The summed E-state index contributed by atoms with van der Waals surface area (Å²) in [4.78, 5) is 13.2. The van der Waals surface area contributed by atoms with Gasteiger partial charge in [0.05, 0.1) is 27.9 Å². The second-order valence-electron chi connectivity index (χ2n) is 7.15. The monoisotopic (exact) mass is 506 g/mol. The predicted molar refractivity (Wildman–Crippen MR) is 124 cm³/mol. The van der Waals surface area contributed by atoms with Crippen molar-refractivity contribution in [1.29, 1.82) is 0 Å². The third-order valence-corrected chi connectivity index (χ3v) is 7.49. The van der Waals surface area contributed by atoms with Crippen molar-refractivity contribution in [3.63, 3.8) is 0 Å². The third kappa shape index (κ3) is 6.35. The van der Waals surface area contributed by atoms with Crippen LogP contribution in [0.25, 0.3) is 0 Å². The summed E-state index contributed by atoms with van der Waals surface area (Å²) in [6, 6.07) is 8.95. The van der Waals surface area contributed by atoms with Crippen molar-refractivity contribution in [3.8, 4) is 0 Å². The molecule has 0 heterocycles. The van der Waals surface area contributed by atoms with E-state index in [1.165, 1.54) is 30.3 Å². The van der Waals surface area contributed by atoms with Crippen LogP contribution < -0.4 is 9.62 Å². The van der Waals surface area contributed by atoms with Gasteiger partial charge in [-0.25, -0.2) is 16.8 Å². The Bertz CT molecular complexity index is 1170. The highest BCUT2D eigenvalue weighted by atomic mass is 35.5. The van der Waals surface area contributed by atoms with Gasteiger partial charge in [0.2, 0.25) is 15.9 Å². The van der Waals surface area contributed by atoms with E-state index in [1.54, 1.807) is 26.0 Å². The maximum absolute atomic E-state index is 13.1. The van der Waals surface area contributed by atoms with E-state index in [0.717, 1.165) is 16.8 Å². The van der Waals surface area contributed by atoms with Crippen LogP contribution >= 0.6 is 23.2 Å². The Morgan fingerprint density at radius 1 is 1.03 bits per heavy atom. The van der Waals surface area contributed by atoms with Crippen molar-refractivity contribution in [1.82, 2.24) is 5.32 Å². The molecule has 11 heteroatoms. The van der Waals surface area contributed by atoms with Gasteiger partial charge in [-0.15, -0.1) is 0 Å². The Morgan fingerprint density at radius 2 is 1.61 bits per heavy atom. The molecular formula is C20H24Cl2N2O5S2. The first-order valence-corrected chi connectivity index (χ1v) is 13.8. The Hall–Kier alpha value is -1.81. The van der Waals surface area contributed by atoms with Gasteiger partial charge in [-0.1, -0.05) is 42.3 Å². The number of sulfonamides is 1. The minimum Gasteiger partial charge on any atom is -0.348 e. The Morgan fingerprint density at radius 3 is 2.10 bits per heavy atom. The van der Waals surface area contributed by atoms with Gasteiger partial charge >= 0.3 is 0 Å². The first-order valence-electron chi connectivity index (χ1n) is 9.30. The van der Waals surface area contributed by atoms with Crippen LogP contribution in [0.15, 0.2) is 47.4 Å². The molecule has 0 saturated heterocycles. The number of carbonyl (C=O) groups is 1. The molecule has 2 aromatic rings. The number of nitrogens with one attached hydrogen (secondary N) is 1. The first-order chi connectivity index (χ1) is 14.3. The smallest absolute Gasteiger partial charge is 0.244 e. The van der Waals surface area contributed by atoms with Gasteiger partial charge in [0.1, 0.15) is 6.04 Å². The van der Waals surface area contributed by atoms with Crippen LogP contribution in [-0.2, 0) is 24.7 Å². The minimum absolute atomic E-state index is 0.115. The van der Waals surface area contributed by atoms with Crippen LogP contribution in [0.1, 0.15) is 31.9 Å². The topological polar surface area (TPSA) is 101 Å². The number of carbonyl (C=O) groups excluding carboxylic acids is 1. The average Bonchev–Trinajstić information content (AvgIpc) is 2.66. The zero-order valence-corrected chi connectivity index (χ0v) is 20.6. The SMILES string of the molecule is CCC(C(=O)NC(C)c1ccc(S(C)(=O)=O)cc1)N(c1cc(Cl)ccc1Cl)S(C)(=O)=O. The summed E-state index contributed by atoms with van der Waals surface area (Å²) in [5.74, 6) is -0.524. The van der Waals surface area contributed by atoms with Crippen LogP contribution in [0.5, 0.6) is 0 Å². The fourth-order valence-corrected chi connectivity index (χ4v) is 5.36. The van der Waals surface area contributed by atoms with Crippen molar-refractivity contribution in [3.05, 3.63) is 58.1 Å².